The van der Waals surface area contributed by atoms with E-state index in [1.54, 1.807) is 7.11 Å². The van der Waals surface area contributed by atoms with Gasteiger partial charge in [0.2, 0.25) is 12.7 Å². The maximum atomic E-state index is 13.0. The lowest BCUT2D eigenvalue weighted by Gasteiger charge is -2.35. The smallest absolute Gasteiger partial charge is 0.231 e. The lowest BCUT2D eigenvalue weighted by molar-refractivity contribution is -0.131. The van der Waals surface area contributed by atoms with Crippen LogP contribution in [0.15, 0.2) is 36.4 Å². The fourth-order valence-electron chi connectivity index (χ4n) is 5.26. The van der Waals surface area contributed by atoms with E-state index >= 15 is 0 Å². The number of rotatable bonds is 8. The Balaban J connectivity index is 1.09. The number of hydrogen-bond donors (Lipinski definition) is 0. The summed E-state index contributed by atoms with van der Waals surface area (Å²) < 4.78 is 22.2. The van der Waals surface area contributed by atoms with Crippen molar-refractivity contribution in [3.8, 4) is 23.0 Å². The number of fused-ring (bicyclic) bond motifs is 2. The Kier molecular flexibility index (Phi) is 7.09. The average molecular weight is 467 g/mol. The molecular formula is C27H34N2O5. The van der Waals surface area contributed by atoms with Gasteiger partial charge in [0.1, 0.15) is 11.5 Å². The van der Waals surface area contributed by atoms with Crippen molar-refractivity contribution in [2.24, 2.45) is 5.92 Å². The molecule has 3 heterocycles. The molecule has 3 aliphatic rings. The molecule has 1 amide bonds. The predicted molar refractivity (Wildman–Crippen MR) is 129 cm³/mol. The van der Waals surface area contributed by atoms with Gasteiger partial charge in [-0.1, -0.05) is 6.07 Å². The van der Waals surface area contributed by atoms with Crippen LogP contribution in [0.25, 0.3) is 0 Å². The molecule has 5 rings (SSSR count). The molecule has 2 aromatic rings. The second kappa shape index (κ2) is 10.6. The van der Waals surface area contributed by atoms with Crippen molar-refractivity contribution in [2.75, 3.05) is 53.2 Å². The summed E-state index contributed by atoms with van der Waals surface area (Å²) in [6.07, 6.45) is 4.67. The number of piperidine rings is 1. The van der Waals surface area contributed by atoms with Crippen LogP contribution in [-0.2, 0) is 17.6 Å². The quantitative estimate of drug-likeness (QED) is 0.555. The van der Waals surface area contributed by atoms with E-state index in [1.165, 1.54) is 18.4 Å². The molecule has 0 N–H and O–H groups in total. The Morgan fingerprint density at radius 3 is 2.74 bits per heavy atom. The van der Waals surface area contributed by atoms with Gasteiger partial charge in [0.05, 0.1) is 20.1 Å². The second-order valence-corrected chi connectivity index (χ2v) is 9.43. The number of carbonyl (C=O) groups excluding carboxylic acids is 1. The first kappa shape index (κ1) is 22.8. The van der Waals surface area contributed by atoms with E-state index in [9.17, 15) is 4.79 Å². The zero-order valence-corrected chi connectivity index (χ0v) is 20.0. The zero-order valence-electron chi connectivity index (χ0n) is 20.0. The highest BCUT2D eigenvalue weighted by Crippen LogP contribution is 2.36. The minimum atomic E-state index is 0.224. The number of methoxy groups -OCH3 is 1. The minimum Gasteiger partial charge on any atom is -0.497 e. The normalized spacial score (nSPS) is 20.1. The summed E-state index contributed by atoms with van der Waals surface area (Å²) in [4.78, 5) is 17.6. The van der Waals surface area contributed by atoms with Crippen LogP contribution in [0.5, 0.6) is 23.0 Å². The molecule has 7 heteroatoms. The van der Waals surface area contributed by atoms with E-state index < -0.39 is 0 Å². The average Bonchev–Trinajstić information content (AvgIpc) is 3.26. The van der Waals surface area contributed by atoms with Crippen LogP contribution in [0.3, 0.4) is 0 Å². The number of ether oxygens (including phenoxy) is 4. The maximum Gasteiger partial charge on any atom is 0.231 e. The summed E-state index contributed by atoms with van der Waals surface area (Å²) in [5.41, 5.74) is 2.29. The van der Waals surface area contributed by atoms with Gasteiger partial charge in [-0.3, -0.25) is 4.79 Å². The first-order valence-electron chi connectivity index (χ1n) is 12.4. The Morgan fingerprint density at radius 1 is 1.06 bits per heavy atom. The van der Waals surface area contributed by atoms with E-state index in [1.807, 2.05) is 30.3 Å². The predicted octanol–water partition coefficient (Wildman–Crippen LogP) is 3.53. The van der Waals surface area contributed by atoms with Crippen LogP contribution in [0.2, 0.25) is 0 Å². The van der Waals surface area contributed by atoms with E-state index in [4.69, 9.17) is 18.9 Å². The van der Waals surface area contributed by atoms with E-state index in [-0.39, 0.29) is 12.7 Å². The zero-order chi connectivity index (χ0) is 23.3. The van der Waals surface area contributed by atoms with Crippen molar-refractivity contribution < 1.29 is 23.7 Å². The van der Waals surface area contributed by atoms with Crippen LogP contribution in [-0.4, -0.2) is 68.9 Å². The van der Waals surface area contributed by atoms with Gasteiger partial charge < -0.3 is 28.7 Å². The number of amides is 1. The highest BCUT2D eigenvalue weighted by Gasteiger charge is 2.28. The Hall–Kier alpha value is -2.93. The van der Waals surface area contributed by atoms with Crippen LogP contribution in [0, 0.1) is 5.92 Å². The van der Waals surface area contributed by atoms with Crippen molar-refractivity contribution in [3.63, 3.8) is 0 Å². The highest BCUT2D eigenvalue weighted by atomic mass is 16.7. The van der Waals surface area contributed by atoms with Gasteiger partial charge in [-0.05, 0) is 73.5 Å². The molecule has 0 saturated carbocycles. The summed E-state index contributed by atoms with van der Waals surface area (Å²) in [5, 5.41) is 0. The molecule has 182 valence electrons. The maximum absolute atomic E-state index is 13.0. The van der Waals surface area contributed by atoms with Gasteiger partial charge in [-0.15, -0.1) is 0 Å². The summed E-state index contributed by atoms with van der Waals surface area (Å²) in [7, 11) is 1.67. The fourth-order valence-corrected chi connectivity index (χ4v) is 5.26. The van der Waals surface area contributed by atoms with E-state index in [0.29, 0.717) is 18.9 Å². The van der Waals surface area contributed by atoms with E-state index in [2.05, 4.69) is 15.9 Å². The lowest BCUT2D eigenvalue weighted by Crippen LogP contribution is -2.43. The number of nitrogens with zero attached hydrogens (tertiary/aromatic N) is 2. The number of hydrogen-bond acceptors (Lipinski definition) is 6. The third-order valence-corrected chi connectivity index (χ3v) is 7.05. The van der Waals surface area contributed by atoms with Gasteiger partial charge in [-0.2, -0.15) is 0 Å². The SMILES string of the molecule is COc1cccc(OCCCN2CCCC(CN3CCc4cc5c(cc4CC3=O)OCO5)C2)c1. The minimum absolute atomic E-state index is 0.224. The topological polar surface area (TPSA) is 60.5 Å². The summed E-state index contributed by atoms with van der Waals surface area (Å²) in [6.45, 7) is 5.77. The molecule has 34 heavy (non-hydrogen) atoms. The van der Waals surface area contributed by atoms with Crippen LogP contribution in [0.1, 0.15) is 30.4 Å². The van der Waals surface area contributed by atoms with Gasteiger partial charge in [0.25, 0.3) is 0 Å². The van der Waals surface area contributed by atoms with Crippen molar-refractivity contribution in [1.29, 1.82) is 0 Å². The number of carbonyl (C=O) groups is 1. The molecular weight excluding hydrogens is 432 g/mol. The molecule has 3 aliphatic heterocycles. The van der Waals surface area contributed by atoms with Crippen molar-refractivity contribution in [3.05, 3.63) is 47.5 Å². The van der Waals surface area contributed by atoms with Gasteiger partial charge in [-0.25, -0.2) is 0 Å². The second-order valence-electron chi connectivity index (χ2n) is 9.43. The van der Waals surface area contributed by atoms with Crippen LogP contribution < -0.4 is 18.9 Å². The van der Waals surface area contributed by atoms with Crippen LogP contribution >= 0.6 is 0 Å². The van der Waals surface area contributed by atoms with Crippen molar-refractivity contribution >= 4 is 5.91 Å². The third-order valence-electron chi connectivity index (χ3n) is 7.05. The van der Waals surface area contributed by atoms with Crippen molar-refractivity contribution in [2.45, 2.75) is 32.1 Å². The standard InChI is InChI=1S/C27H34N2O5/c1-31-23-6-2-7-24(16-23)32-12-4-10-28-9-3-5-20(17-28)18-29-11-8-21-13-25-26(34-19-33-25)14-22(21)15-27(29)30/h2,6-7,13-14,16,20H,3-5,8-12,15,17-19H2,1H3. The molecule has 0 spiro atoms. The molecule has 1 fully saturated rings. The Morgan fingerprint density at radius 2 is 1.88 bits per heavy atom. The largest absolute Gasteiger partial charge is 0.497 e. The van der Waals surface area contributed by atoms with Gasteiger partial charge >= 0.3 is 0 Å². The molecule has 0 aromatic heterocycles. The molecule has 1 saturated heterocycles. The van der Waals surface area contributed by atoms with Crippen LogP contribution in [0.4, 0.5) is 0 Å². The monoisotopic (exact) mass is 466 g/mol. The first-order chi connectivity index (χ1) is 16.7. The summed E-state index contributed by atoms with van der Waals surface area (Å²) in [5.74, 6) is 3.97. The number of benzene rings is 2. The Labute approximate surface area is 201 Å². The van der Waals surface area contributed by atoms with Crippen molar-refractivity contribution in [1.82, 2.24) is 9.80 Å². The molecule has 0 radical (unpaired) electrons. The first-order valence-corrected chi connectivity index (χ1v) is 12.4. The van der Waals surface area contributed by atoms with Gasteiger partial charge in [0, 0.05) is 32.2 Å². The molecule has 1 unspecified atom stereocenters. The molecule has 2 aromatic carbocycles. The molecule has 7 nitrogen and oxygen atoms in total. The molecule has 1 atom stereocenters. The number of likely N-dealkylation sites (tertiary alicyclic amines) is 1. The lowest BCUT2D eigenvalue weighted by atomic mass is 9.97. The third kappa shape index (κ3) is 5.41. The fraction of sp³-hybridized carbons (Fsp3) is 0.519. The van der Waals surface area contributed by atoms with E-state index in [0.717, 1.165) is 74.1 Å². The summed E-state index contributed by atoms with van der Waals surface area (Å²) >= 11 is 0. The molecule has 0 bridgehead atoms. The highest BCUT2D eigenvalue weighted by molar-refractivity contribution is 5.80. The summed E-state index contributed by atoms with van der Waals surface area (Å²) in [6, 6.07) is 11.8. The van der Waals surface area contributed by atoms with Gasteiger partial charge in [0.15, 0.2) is 11.5 Å². The Bertz CT molecular complexity index is 1010. The molecule has 0 aliphatic carbocycles.